The Morgan fingerprint density at radius 3 is 1.63 bits per heavy atom. The summed E-state index contributed by atoms with van der Waals surface area (Å²) < 4.78 is 119. The van der Waals surface area contributed by atoms with E-state index in [1.807, 2.05) is 127 Å². The molecule has 0 aliphatic rings. The molecular formula is C62H42N2O. The van der Waals surface area contributed by atoms with Crippen molar-refractivity contribution >= 4 is 60.4 Å². The molecule has 0 fully saturated rings. The van der Waals surface area contributed by atoms with Crippen molar-refractivity contribution in [3.05, 3.63) is 248 Å². The normalized spacial score (nSPS) is 14.2. The molecule has 12 rings (SSSR count). The number of aromatic hydroxyl groups is 1. The van der Waals surface area contributed by atoms with Gasteiger partial charge in [-0.3, -0.25) is 0 Å². The summed E-state index contributed by atoms with van der Waals surface area (Å²) in [5.74, 6) is -0.944. The number of anilines is 3. The van der Waals surface area contributed by atoms with E-state index in [4.69, 9.17) is 12.3 Å². The van der Waals surface area contributed by atoms with Crippen molar-refractivity contribution in [2.45, 2.75) is 0 Å². The van der Waals surface area contributed by atoms with Crippen molar-refractivity contribution in [2.24, 2.45) is 0 Å². The first kappa shape index (κ1) is 26.7. The summed E-state index contributed by atoms with van der Waals surface area (Å²) in [6.45, 7) is 0. The molecule has 0 unspecified atom stereocenters. The van der Waals surface area contributed by atoms with Gasteiger partial charge in [0, 0.05) is 44.5 Å². The minimum absolute atomic E-state index is 0.170. The Morgan fingerprint density at radius 2 is 0.908 bits per heavy atom. The lowest BCUT2D eigenvalue weighted by Crippen LogP contribution is -2.09. The van der Waals surface area contributed by atoms with E-state index >= 15 is 0 Å². The zero-order valence-corrected chi connectivity index (χ0v) is 34.5. The van der Waals surface area contributed by atoms with E-state index < -0.39 is 101 Å². The molecule has 1 aromatic heterocycles. The van der Waals surface area contributed by atoms with Crippen molar-refractivity contribution in [1.82, 2.24) is 4.57 Å². The Hall–Kier alpha value is -8.66. The molecule has 0 bridgehead atoms. The van der Waals surface area contributed by atoms with Crippen LogP contribution in [0.3, 0.4) is 0 Å². The lowest BCUT2D eigenvalue weighted by Gasteiger charge is -2.26. The van der Waals surface area contributed by atoms with Crippen LogP contribution in [0.1, 0.15) is 17.8 Å². The third kappa shape index (κ3) is 6.78. The molecule has 1 heterocycles. The van der Waals surface area contributed by atoms with Crippen LogP contribution in [0.2, 0.25) is 0 Å². The fraction of sp³-hybridized carbons (Fsp3) is 0. The largest absolute Gasteiger partial charge is 0.507 e. The fourth-order valence-corrected chi connectivity index (χ4v) is 8.76. The molecule has 0 radical (unpaired) electrons. The quantitative estimate of drug-likeness (QED) is 0.165. The number of rotatable bonds is 8. The van der Waals surface area contributed by atoms with Gasteiger partial charge in [0.15, 0.2) is 0 Å². The van der Waals surface area contributed by atoms with Gasteiger partial charge in [0.25, 0.3) is 0 Å². The molecular weight excluding hydrogens is 789 g/mol. The second-order valence-corrected chi connectivity index (χ2v) is 15.7. The average Bonchev–Trinajstić information content (AvgIpc) is 3.99. The topological polar surface area (TPSA) is 28.4 Å². The minimum atomic E-state index is -0.944. The van der Waals surface area contributed by atoms with Gasteiger partial charge in [-0.1, -0.05) is 182 Å². The molecule has 3 nitrogen and oxygen atoms in total. The summed E-state index contributed by atoms with van der Waals surface area (Å²) in [5.41, 5.74) is 5.31. The SMILES string of the molecule is [2H]c1c([2H])c(-c2cc3c([2H])c([2H])c([2H])c([2H])c3c([2H])c2[2H])c(O)c(-c2c([2H])c([2H])c(N(c3ccc(-c4ccc5ccccc5c4)cc3)c3ccc(-c4ccccc4-n4c5ccccc5c5ccccc54)cc3)c([2H])c2[2H])c1[2H]. The summed E-state index contributed by atoms with van der Waals surface area (Å²) in [6.07, 6.45) is 0. The maximum absolute atomic E-state index is 12.2. The van der Waals surface area contributed by atoms with E-state index in [1.165, 1.54) is 0 Å². The molecule has 0 atom stereocenters. The summed E-state index contributed by atoms with van der Waals surface area (Å²) in [7, 11) is 0. The van der Waals surface area contributed by atoms with Crippen LogP contribution in [0.5, 0.6) is 5.75 Å². The fourth-order valence-electron chi connectivity index (χ4n) is 8.76. The number of phenols is 1. The van der Waals surface area contributed by atoms with Crippen LogP contribution in [-0.2, 0) is 0 Å². The predicted octanol–water partition coefficient (Wildman–Crippen LogP) is 16.9. The molecule has 0 saturated carbocycles. The molecule has 1 N–H and O–H groups in total. The number of aromatic nitrogens is 1. The third-order valence-corrected chi connectivity index (χ3v) is 11.9. The van der Waals surface area contributed by atoms with E-state index in [2.05, 4.69) is 41.0 Å². The number of fused-ring (bicyclic) bond motifs is 5. The molecule has 0 amide bonds. The summed E-state index contributed by atoms with van der Waals surface area (Å²) >= 11 is 0. The molecule has 11 aromatic carbocycles. The van der Waals surface area contributed by atoms with E-state index in [-0.39, 0.29) is 22.0 Å². The van der Waals surface area contributed by atoms with Crippen LogP contribution in [0.25, 0.3) is 93.5 Å². The summed E-state index contributed by atoms with van der Waals surface area (Å²) in [4.78, 5) is 1.62. The van der Waals surface area contributed by atoms with Gasteiger partial charge in [-0.05, 0) is 116 Å². The van der Waals surface area contributed by atoms with Gasteiger partial charge in [-0.15, -0.1) is 0 Å². The molecule has 0 aliphatic carbocycles. The number of nitrogens with zero attached hydrogens (tertiary/aromatic N) is 2. The monoisotopic (exact) mass is 843 g/mol. The molecule has 0 aliphatic heterocycles. The Bertz CT molecular complexity index is 4420. The van der Waals surface area contributed by atoms with E-state index in [0.29, 0.717) is 11.4 Å². The van der Waals surface area contributed by atoms with Gasteiger partial charge in [-0.2, -0.15) is 0 Å². The first-order valence-electron chi connectivity index (χ1n) is 27.6. The second-order valence-electron chi connectivity index (χ2n) is 15.7. The number of para-hydroxylation sites is 4. The van der Waals surface area contributed by atoms with Crippen molar-refractivity contribution in [2.75, 3.05) is 4.90 Å². The summed E-state index contributed by atoms with van der Waals surface area (Å²) in [5, 5.41) is 16.1. The highest BCUT2D eigenvalue weighted by Crippen LogP contribution is 2.43. The number of hydrogen-bond acceptors (Lipinski definition) is 2. The van der Waals surface area contributed by atoms with Crippen LogP contribution in [0, 0.1) is 0 Å². The zero-order chi connectivity index (χ0) is 54.6. The second kappa shape index (κ2) is 15.9. The van der Waals surface area contributed by atoms with Gasteiger partial charge in [0.05, 0.1) is 34.5 Å². The Kier molecular flexibility index (Phi) is 6.54. The third-order valence-electron chi connectivity index (χ3n) is 11.9. The molecule has 12 aromatic rings. The lowest BCUT2D eigenvalue weighted by atomic mass is 9.95. The predicted molar refractivity (Wildman–Crippen MR) is 274 cm³/mol. The van der Waals surface area contributed by atoms with Gasteiger partial charge in [0.2, 0.25) is 0 Å². The Labute approximate surface area is 396 Å². The molecule has 306 valence electrons. The van der Waals surface area contributed by atoms with Crippen LogP contribution in [0.4, 0.5) is 17.1 Å². The van der Waals surface area contributed by atoms with Crippen molar-refractivity contribution in [3.63, 3.8) is 0 Å². The Balaban J connectivity index is 1.03. The number of benzene rings is 11. The maximum atomic E-state index is 12.2. The smallest absolute Gasteiger partial charge is 0.131 e. The van der Waals surface area contributed by atoms with Crippen LogP contribution < -0.4 is 4.90 Å². The number of phenolic OH excluding ortho intramolecular Hbond substituents is 1. The molecule has 0 saturated heterocycles. The van der Waals surface area contributed by atoms with E-state index in [9.17, 15) is 10.6 Å². The number of hydrogen-bond donors (Lipinski definition) is 1. The zero-order valence-electron chi connectivity index (χ0n) is 47.5. The standard InChI is InChI=1S/C62H42N2O/c65-62-55(19-11-20-56(62)50-27-25-43-13-2-4-15-48(43)41-50)46-32-38-53(39-33-46)63(51-34-28-44(29-35-51)49-26-24-42-12-1-3-14-47(42)40-49)52-36-30-45(31-37-52)54-16-5-8-21-59(54)64-60-22-9-6-17-57(60)58-18-7-10-23-61(58)64/h1-41,65H/i2D,4D,11D,13D,15D,19D,20D,25D,27D,32D,33D,38D,39D. The molecule has 3 heteroatoms. The van der Waals surface area contributed by atoms with Crippen LogP contribution in [0.15, 0.2) is 248 Å². The summed E-state index contributed by atoms with van der Waals surface area (Å²) in [6, 6.07) is 46.5. The van der Waals surface area contributed by atoms with Crippen molar-refractivity contribution < 1.29 is 22.9 Å². The van der Waals surface area contributed by atoms with Crippen LogP contribution >= 0.6 is 0 Å². The molecule has 0 spiro atoms. The van der Waals surface area contributed by atoms with E-state index in [0.717, 1.165) is 66.6 Å². The van der Waals surface area contributed by atoms with Gasteiger partial charge in [0.1, 0.15) is 5.75 Å². The van der Waals surface area contributed by atoms with Gasteiger partial charge in [-0.25, -0.2) is 0 Å². The first-order valence-corrected chi connectivity index (χ1v) is 21.1. The lowest BCUT2D eigenvalue weighted by molar-refractivity contribution is 0.479. The highest BCUT2D eigenvalue weighted by atomic mass is 16.3. The highest BCUT2D eigenvalue weighted by Gasteiger charge is 2.18. The van der Waals surface area contributed by atoms with E-state index in [1.54, 1.807) is 4.90 Å². The highest BCUT2D eigenvalue weighted by molar-refractivity contribution is 6.09. The maximum Gasteiger partial charge on any atom is 0.131 e. The van der Waals surface area contributed by atoms with Crippen molar-refractivity contribution in [1.29, 1.82) is 0 Å². The minimum Gasteiger partial charge on any atom is -0.507 e. The van der Waals surface area contributed by atoms with Gasteiger partial charge >= 0.3 is 0 Å². The average molecular weight is 844 g/mol. The van der Waals surface area contributed by atoms with Crippen molar-refractivity contribution in [3.8, 4) is 55.9 Å². The Morgan fingerprint density at radius 1 is 0.354 bits per heavy atom. The van der Waals surface area contributed by atoms with Gasteiger partial charge < -0.3 is 14.6 Å². The molecule has 65 heavy (non-hydrogen) atoms. The van der Waals surface area contributed by atoms with Crippen LogP contribution in [-0.4, -0.2) is 9.67 Å². The first-order chi connectivity index (χ1) is 37.6.